The lowest BCUT2D eigenvalue weighted by molar-refractivity contribution is 0.229. The van der Waals surface area contributed by atoms with Crippen molar-refractivity contribution in [2.45, 2.75) is 18.9 Å². The van der Waals surface area contributed by atoms with E-state index in [0.29, 0.717) is 6.54 Å². The third-order valence-electron chi connectivity index (χ3n) is 4.26. The predicted molar refractivity (Wildman–Crippen MR) is 97.9 cm³/mol. The van der Waals surface area contributed by atoms with Crippen LogP contribution in [-0.2, 0) is 0 Å². The van der Waals surface area contributed by atoms with Crippen molar-refractivity contribution in [3.63, 3.8) is 0 Å². The van der Waals surface area contributed by atoms with Gasteiger partial charge in [-0.15, -0.1) is 11.3 Å². The Morgan fingerprint density at radius 2 is 2.00 bits per heavy atom. The molecule has 6 heteroatoms. The molecule has 0 spiro atoms. The van der Waals surface area contributed by atoms with Crippen LogP contribution in [0.5, 0.6) is 5.75 Å². The molecule has 0 saturated carbocycles. The summed E-state index contributed by atoms with van der Waals surface area (Å²) in [5.41, 5.74) is 0.752. The van der Waals surface area contributed by atoms with Gasteiger partial charge in [-0.1, -0.05) is 6.07 Å². The monoisotopic (exact) mass is 345 g/mol. The normalized spacial score (nSPS) is 15.9. The number of carbonyl (C=O) groups is 1. The average Bonchev–Trinajstić information content (AvgIpc) is 3.30. The number of likely N-dealkylation sites (tertiary alicyclic amines) is 1. The number of rotatable bonds is 6. The predicted octanol–water partition coefficient (Wildman–Crippen LogP) is 3.72. The summed E-state index contributed by atoms with van der Waals surface area (Å²) in [7, 11) is 1.62. The molecule has 1 saturated heterocycles. The standard InChI is InChI=1S/C18H23N3O2S/c1-23-15-8-6-14(7-9-15)20-18(22)19-13-16(17-5-4-12-24-17)21-10-2-3-11-21/h4-9,12,16H,2-3,10-11,13H2,1H3,(H2,19,20,22). The summed E-state index contributed by atoms with van der Waals surface area (Å²) >= 11 is 1.75. The number of benzene rings is 1. The van der Waals surface area contributed by atoms with Crippen molar-refractivity contribution < 1.29 is 9.53 Å². The topological polar surface area (TPSA) is 53.6 Å². The minimum Gasteiger partial charge on any atom is -0.497 e. The summed E-state index contributed by atoms with van der Waals surface area (Å²) in [6.45, 7) is 2.82. The van der Waals surface area contributed by atoms with Gasteiger partial charge in [-0.05, 0) is 61.6 Å². The van der Waals surface area contributed by atoms with Crippen LogP contribution in [0.1, 0.15) is 23.8 Å². The van der Waals surface area contributed by atoms with Crippen LogP contribution < -0.4 is 15.4 Å². The first-order valence-corrected chi connectivity index (χ1v) is 9.10. The number of hydrogen-bond donors (Lipinski definition) is 2. The van der Waals surface area contributed by atoms with E-state index in [9.17, 15) is 4.79 Å². The lowest BCUT2D eigenvalue weighted by Crippen LogP contribution is -2.38. The molecular weight excluding hydrogens is 322 g/mol. The van der Waals surface area contributed by atoms with Crippen LogP contribution >= 0.6 is 11.3 Å². The summed E-state index contributed by atoms with van der Waals surface area (Å²) in [5.74, 6) is 0.771. The van der Waals surface area contributed by atoms with E-state index < -0.39 is 0 Å². The van der Waals surface area contributed by atoms with Gasteiger partial charge < -0.3 is 15.4 Å². The zero-order valence-electron chi connectivity index (χ0n) is 13.8. The van der Waals surface area contributed by atoms with Crippen molar-refractivity contribution in [3.8, 4) is 5.75 Å². The van der Waals surface area contributed by atoms with Crippen LogP contribution in [-0.4, -0.2) is 37.7 Å². The molecule has 1 aliphatic rings. The number of thiophene rings is 1. The van der Waals surface area contributed by atoms with Crippen molar-refractivity contribution in [3.05, 3.63) is 46.7 Å². The molecule has 1 fully saturated rings. The second-order valence-corrected chi connectivity index (χ2v) is 6.82. The number of hydrogen-bond acceptors (Lipinski definition) is 4. The van der Waals surface area contributed by atoms with E-state index >= 15 is 0 Å². The Hall–Kier alpha value is -2.05. The van der Waals surface area contributed by atoms with Crippen LogP contribution in [0.4, 0.5) is 10.5 Å². The fourth-order valence-corrected chi connectivity index (χ4v) is 3.84. The maximum atomic E-state index is 12.2. The molecular formula is C18H23N3O2S. The van der Waals surface area contributed by atoms with Crippen molar-refractivity contribution in [1.29, 1.82) is 0 Å². The van der Waals surface area contributed by atoms with Crippen molar-refractivity contribution in [2.24, 2.45) is 0 Å². The third-order valence-corrected chi connectivity index (χ3v) is 5.23. The van der Waals surface area contributed by atoms with Crippen LogP contribution in [0.15, 0.2) is 41.8 Å². The Morgan fingerprint density at radius 1 is 1.25 bits per heavy atom. The average molecular weight is 345 g/mol. The van der Waals surface area contributed by atoms with E-state index in [0.717, 1.165) is 24.5 Å². The number of amides is 2. The van der Waals surface area contributed by atoms with Gasteiger partial charge in [0.05, 0.1) is 13.2 Å². The molecule has 24 heavy (non-hydrogen) atoms. The Labute approximate surface area is 146 Å². The molecule has 0 radical (unpaired) electrons. The molecule has 5 nitrogen and oxygen atoms in total. The molecule has 2 aromatic rings. The number of methoxy groups -OCH3 is 1. The number of nitrogens with zero attached hydrogens (tertiary/aromatic N) is 1. The van der Waals surface area contributed by atoms with Crippen LogP contribution in [0, 0.1) is 0 Å². The highest BCUT2D eigenvalue weighted by atomic mass is 32.1. The van der Waals surface area contributed by atoms with Gasteiger partial charge in [-0.2, -0.15) is 0 Å². The molecule has 1 aromatic carbocycles. The van der Waals surface area contributed by atoms with Crippen LogP contribution in [0.25, 0.3) is 0 Å². The molecule has 3 rings (SSSR count). The highest BCUT2D eigenvalue weighted by molar-refractivity contribution is 7.10. The Balaban J connectivity index is 1.56. The van der Waals surface area contributed by atoms with E-state index in [4.69, 9.17) is 4.74 Å². The maximum Gasteiger partial charge on any atom is 0.319 e. The summed E-state index contributed by atoms with van der Waals surface area (Å²) in [5, 5.41) is 7.97. The Kier molecular flexibility index (Phi) is 5.72. The smallest absolute Gasteiger partial charge is 0.319 e. The van der Waals surface area contributed by atoms with Crippen LogP contribution in [0.3, 0.4) is 0 Å². The fraction of sp³-hybridized carbons (Fsp3) is 0.389. The lowest BCUT2D eigenvalue weighted by Gasteiger charge is -2.26. The molecule has 1 unspecified atom stereocenters. The first kappa shape index (κ1) is 16.8. The number of ether oxygens (including phenoxy) is 1. The van der Waals surface area contributed by atoms with E-state index in [1.807, 2.05) is 24.3 Å². The van der Waals surface area contributed by atoms with E-state index in [1.165, 1.54) is 17.7 Å². The zero-order chi connectivity index (χ0) is 16.8. The van der Waals surface area contributed by atoms with Gasteiger partial charge in [0.1, 0.15) is 5.75 Å². The van der Waals surface area contributed by atoms with E-state index in [1.54, 1.807) is 18.4 Å². The minimum atomic E-state index is -0.180. The Bertz CT molecular complexity index is 637. The molecule has 128 valence electrons. The largest absolute Gasteiger partial charge is 0.497 e. The SMILES string of the molecule is COc1ccc(NC(=O)NCC(c2cccs2)N2CCCC2)cc1. The molecule has 1 aliphatic heterocycles. The van der Waals surface area contributed by atoms with Crippen molar-refractivity contribution in [2.75, 3.05) is 32.1 Å². The summed E-state index contributed by atoms with van der Waals surface area (Å²) in [4.78, 5) is 16.0. The van der Waals surface area contributed by atoms with Gasteiger partial charge in [0.25, 0.3) is 0 Å². The van der Waals surface area contributed by atoms with Gasteiger partial charge in [0.15, 0.2) is 0 Å². The quantitative estimate of drug-likeness (QED) is 0.839. The maximum absolute atomic E-state index is 12.2. The third kappa shape index (κ3) is 4.27. The van der Waals surface area contributed by atoms with Gasteiger partial charge in [0, 0.05) is 17.1 Å². The van der Waals surface area contributed by atoms with E-state index in [-0.39, 0.29) is 12.1 Å². The Morgan fingerprint density at radius 3 is 2.62 bits per heavy atom. The van der Waals surface area contributed by atoms with Crippen LogP contribution in [0.2, 0.25) is 0 Å². The molecule has 0 aliphatic carbocycles. The molecule has 1 aromatic heterocycles. The number of nitrogens with one attached hydrogen (secondary N) is 2. The number of anilines is 1. The molecule has 2 N–H and O–H groups in total. The fourth-order valence-electron chi connectivity index (χ4n) is 2.98. The van der Waals surface area contributed by atoms with Crippen molar-refractivity contribution >= 4 is 23.1 Å². The first-order chi connectivity index (χ1) is 11.8. The lowest BCUT2D eigenvalue weighted by atomic mass is 10.2. The van der Waals surface area contributed by atoms with Gasteiger partial charge in [0.2, 0.25) is 0 Å². The molecule has 1 atom stereocenters. The zero-order valence-corrected chi connectivity index (χ0v) is 14.6. The first-order valence-electron chi connectivity index (χ1n) is 8.22. The molecule has 2 amide bonds. The second-order valence-electron chi connectivity index (χ2n) is 5.84. The minimum absolute atomic E-state index is 0.180. The molecule has 0 bridgehead atoms. The summed E-state index contributed by atoms with van der Waals surface area (Å²) in [6, 6.07) is 11.6. The second kappa shape index (κ2) is 8.17. The highest BCUT2D eigenvalue weighted by Crippen LogP contribution is 2.27. The summed E-state index contributed by atoms with van der Waals surface area (Å²) in [6.07, 6.45) is 2.47. The number of urea groups is 1. The number of carbonyl (C=O) groups excluding carboxylic acids is 1. The highest BCUT2D eigenvalue weighted by Gasteiger charge is 2.24. The van der Waals surface area contributed by atoms with Gasteiger partial charge >= 0.3 is 6.03 Å². The van der Waals surface area contributed by atoms with Crippen molar-refractivity contribution in [1.82, 2.24) is 10.2 Å². The molecule has 2 heterocycles. The summed E-state index contributed by atoms with van der Waals surface area (Å²) < 4.78 is 5.12. The van der Waals surface area contributed by atoms with Gasteiger partial charge in [-0.3, -0.25) is 4.90 Å². The van der Waals surface area contributed by atoms with Gasteiger partial charge in [-0.25, -0.2) is 4.79 Å². The van der Waals surface area contributed by atoms with E-state index in [2.05, 4.69) is 33.0 Å².